The fraction of sp³-hybridized carbons (Fsp3) is 0.741. The minimum absolute atomic E-state index is 0.0854. The van der Waals surface area contributed by atoms with Crippen molar-refractivity contribution < 1.29 is 4.39 Å². The van der Waals surface area contributed by atoms with Crippen molar-refractivity contribution in [1.82, 2.24) is 29.4 Å². The summed E-state index contributed by atoms with van der Waals surface area (Å²) in [5, 5.41) is 4.85. The summed E-state index contributed by atoms with van der Waals surface area (Å²) in [4.78, 5) is 9.69. The van der Waals surface area contributed by atoms with Gasteiger partial charge in [-0.1, -0.05) is 18.9 Å². The van der Waals surface area contributed by atoms with Crippen LogP contribution in [0.3, 0.4) is 0 Å². The standard InChI is InChI=1S/C27H41FN6/c1-21-27(22-10-11-22)29-20-33(21)26-9-4-5-15-34(26)32-14-6-13-30(17-18-32)25-12-16-31(19-24(25)28)23-7-2-3-8-23/h4-5,9,15,20,22-26H,2-3,6-8,10-14,16-19H2,1H3. The van der Waals surface area contributed by atoms with Crippen LogP contribution < -0.4 is 0 Å². The molecule has 34 heavy (non-hydrogen) atoms. The average Bonchev–Trinajstić information content (AvgIpc) is 3.49. The average molecular weight is 469 g/mol. The largest absolute Gasteiger partial charge is 0.309 e. The molecule has 2 aliphatic carbocycles. The van der Waals surface area contributed by atoms with Crippen molar-refractivity contribution in [2.24, 2.45) is 0 Å². The third-order valence-corrected chi connectivity index (χ3v) is 8.91. The molecule has 0 amide bonds. The van der Waals surface area contributed by atoms with E-state index in [1.54, 1.807) is 0 Å². The Morgan fingerprint density at radius 3 is 2.53 bits per heavy atom. The third-order valence-electron chi connectivity index (χ3n) is 8.91. The van der Waals surface area contributed by atoms with Gasteiger partial charge in [-0.05, 0) is 64.1 Å². The second kappa shape index (κ2) is 9.75. The molecule has 0 N–H and O–H groups in total. The molecule has 1 aromatic heterocycles. The molecule has 4 heterocycles. The van der Waals surface area contributed by atoms with E-state index in [0.29, 0.717) is 18.5 Å². The van der Waals surface area contributed by atoms with Gasteiger partial charge in [-0.3, -0.25) is 14.8 Å². The molecule has 0 radical (unpaired) electrons. The molecule has 3 unspecified atom stereocenters. The van der Waals surface area contributed by atoms with Gasteiger partial charge >= 0.3 is 0 Å². The van der Waals surface area contributed by atoms with Gasteiger partial charge in [0.2, 0.25) is 0 Å². The number of hydrazine groups is 1. The highest BCUT2D eigenvalue weighted by atomic mass is 19.1. The minimum atomic E-state index is -0.721. The van der Waals surface area contributed by atoms with Crippen molar-refractivity contribution >= 4 is 0 Å². The van der Waals surface area contributed by atoms with E-state index >= 15 is 4.39 Å². The third kappa shape index (κ3) is 4.47. The molecule has 1 aromatic rings. The van der Waals surface area contributed by atoms with Gasteiger partial charge in [0, 0.05) is 62.6 Å². The number of likely N-dealkylation sites (tertiary alicyclic amines) is 1. The molecule has 0 aromatic carbocycles. The van der Waals surface area contributed by atoms with Gasteiger partial charge < -0.3 is 4.57 Å². The van der Waals surface area contributed by atoms with Crippen molar-refractivity contribution in [1.29, 1.82) is 0 Å². The Labute approximate surface area is 204 Å². The molecule has 0 bridgehead atoms. The highest BCUT2D eigenvalue weighted by Crippen LogP contribution is 2.41. The van der Waals surface area contributed by atoms with Crippen molar-refractivity contribution in [2.45, 2.75) is 88.6 Å². The SMILES string of the molecule is Cc1c(C2CC2)ncn1C1C=CC=CN1N1CCCN(C2CCN(C3CCCC3)CC2F)CC1. The molecule has 3 aliphatic heterocycles. The van der Waals surface area contributed by atoms with Crippen molar-refractivity contribution in [2.75, 3.05) is 39.3 Å². The fourth-order valence-electron chi connectivity index (χ4n) is 6.84. The van der Waals surface area contributed by atoms with Crippen LogP contribution in [0, 0.1) is 6.92 Å². The maximum Gasteiger partial charge on any atom is 0.140 e. The normalized spacial score (nSPS) is 32.5. The molecule has 6 rings (SSSR count). The van der Waals surface area contributed by atoms with Gasteiger partial charge in [0.15, 0.2) is 0 Å². The number of hydrogen-bond acceptors (Lipinski definition) is 5. The number of aromatic nitrogens is 2. The first-order valence-electron chi connectivity index (χ1n) is 13.7. The van der Waals surface area contributed by atoms with E-state index in [1.165, 1.54) is 49.9 Å². The van der Waals surface area contributed by atoms with Gasteiger partial charge in [-0.25, -0.2) is 14.4 Å². The van der Waals surface area contributed by atoms with Gasteiger partial charge in [-0.2, -0.15) is 0 Å². The van der Waals surface area contributed by atoms with Gasteiger partial charge in [0.1, 0.15) is 12.3 Å². The summed E-state index contributed by atoms with van der Waals surface area (Å²) in [5.74, 6) is 0.665. The Bertz CT molecular complexity index is 901. The molecule has 6 nitrogen and oxygen atoms in total. The van der Waals surface area contributed by atoms with Crippen LogP contribution in [0.25, 0.3) is 0 Å². The maximum absolute atomic E-state index is 15.4. The highest BCUT2D eigenvalue weighted by Gasteiger charge is 2.38. The van der Waals surface area contributed by atoms with Crippen LogP contribution in [0.1, 0.15) is 74.8 Å². The van der Waals surface area contributed by atoms with E-state index in [-0.39, 0.29) is 12.2 Å². The number of alkyl halides is 1. The van der Waals surface area contributed by atoms with E-state index in [2.05, 4.69) is 55.7 Å². The lowest BCUT2D eigenvalue weighted by Crippen LogP contribution is -2.55. The Morgan fingerprint density at radius 2 is 1.74 bits per heavy atom. The number of nitrogens with zero attached hydrogens (tertiary/aromatic N) is 6. The van der Waals surface area contributed by atoms with Crippen LogP contribution in [0.5, 0.6) is 0 Å². The predicted molar refractivity (Wildman–Crippen MR) is 133 cm³/mol. The molecule has 5 aliphatic rings. The number of imidazole rings is 1. The highest BCUT2D eigenvalue weighted by molar-refractivity contribution is 5.23. The molecular formula is C27H41FN6. The van der Waals surface area contributed by atoms with Crippen molar-refractivity contribution in [3.05, 3.63) is 42.1 Å². The molecule has 2 saturated carbocycles. The lowest BCUT2D eigenvalue weighted by Gasteiger charge is -2.43. The Hall–Kier alpha value is -1.70. The van der Waals surface area contributed by atoms with E-state index in [1.807, 2.05) is 6.33 Å². The molecule has 2 saturated heterocycles. The zero-order valence-corrected chi connectivity index (χ0v) is 20.7. The topological polar surface area (TPSA) is 30.8 Å². The first-order chi connectivity index (χ1) is 16.7. The maximum atomic E-state index is 15.4. The minimum Gasteiger partial charge on any atom is -0.309 e. The van der Waals surface area contributed by atoms with E-state index in [0.717, 1.165) is 45.6 Å². The monoisotopic (exact) mass is 468 g/mol. The van der Waals surface area contributed by atoms with E-state index < -0.39 is 6.17 Å². The summed E-state index contributed by atoms with van der Waals surface area (Å²) in [6.45, 7) is 7.81. The summed E-state index contributed by atoms with van der Waals surface area (Å²) in [6, 6.07) is 0.726. The summed E-state index contributed by atoms with van der Waals surface area (Å²) < 4.78 is 17.7. The second-order valence-electron chi connectivity index (χ2n) is 11.1. The predicted octanol–water partition coefficient (Wildman–Crippen LogP) is 4.23. The van der Waals surface area contributed by atoms with Crippen LogP contribution in [-0.2, 0) is 0 Å². The number of piperidine rings is 1. The quantitative estimate of drug-likeness (QED) is 0.646. The van der Waals surface area contributed by atoms with Crippen LogP contribution in [0.4, 0.5) is 4.39 Å². The van der Waals surface area contributed by atoms with Gasteiger partial charge in [0.25, 0.3) is 0 Å². The summed E-state index contributed by atoms with van der Waals surface area (Å²) in [6.07, 6.45) is 20.0. The van der Waals surface area contributed by atoms with Gasteiger partial charge in [0.05, 0.1) is 12.0 Å². The van der Waals surface area contributed by atoms with Gasteiger partial charge in [-0.15, -0.1) is 0 Å². The molecule has 186 valence electrons. The fourth-order valence-corrected chi connectivity index (χ4v) is 6.84. The first kappa shape index (κ1) is 22.7. The van der Waals surface area contributed by atoms with E-state index in [9.17, 15) is 0 Å². The second-order valence-corrected chi connectivity index (χ2v) is 11.1. The molecule has 3 atom stereocenters. The van der Waals surface area contributed by atoms with Crippen LogP contribution in [0.15, 0.2) is 30.8 Å². The summed E-state index contributed by atoms with van der Waals surface area (Å²) in [7, 11) is 0. The number of allylic oxidation sites excluding steroid dienone is 2. The Kier molecular flexibility index (Phi) is 6.52. The zero-order valence-electron chi connectivity index (χ0n) is 20.7. The van der Waals surface area contributed by atoms with Crippen LogP contribution in [0.2, 0.25) is 0 Å². The number of halogens is 1. The lowest BCUT2D eigenvalue weighted by molar-refractivity contribution is -0.0275. The Morgan fingerprint density at radius 1 is 0.882 bits per heavy atom. The molecule has 0 spiro atoms. The molecule has 4 fully saturated rings. The zero-order chi connectivity index (χ0) is 23.1. The Balaban J connectivity index is 1.10. The smallest absolute Gasteiger partial charge is 0.140 e. The number of rotatable bonds is 5. The van der Waals surface area contributed by atoms with Crippen LogP contribution in [-0.4, -0.2) is 86.9 Å². The molecule has 7 heteroatoms. The van der Waals surface area contributed by atoms with E-state index in [4.69, 9.17) is 4.98 Å². The molecular weight excluding hydrogens is 427 g/mol. The number of hydrogen-bond donors (Lipinski definition) is 0. The summed E-state index contributed by atoms with van der Waals surface area (Å²) in [5.41, 5.74) is 2.58. The van der Waals surface area contributed by atoms with Crippen LogP contribution >= 0.6 is 0 Å². The lowest BCUT2D eigenvalue weighted by atomic mass is 9.99. The van der Waals surface area contributed by atoms with Crippen molar-refractivity contribution in [3.8, 4) is 0 Å². The summed E-state index contributed by atoms with van der Waals surface area (Å²) >= 11 is 0. The van der Waals surface area contributed by atoms with Crippen molar-refractivity contribution in [3.63, 3.8) is 0 Å². The first-order valence-corrected chi connectivity index (χ1v) is 13.7.